The molecule has 0 aromatic heterocycles. The van der Waals surface area contributed by atoms with Crippen LogP contribution in [-0.4, -0.2) is 41.8 Å². The van der Waals surface area contributed by atoms with Crippen molar-refractivity contribution in [2.45, 2.75) is 25.2 Å². The van der Waals surface area contributed by atoms with Gasteiger partial charge in [0.15, 0.2) is 11.5 Å². The summed E-state index contributed by atoms with van der Waals surface area (Å²) in [4.78, 5) is 11.9. The fraction of sp³-hybridized carbons (Fsp3) is 0.381. The molecule has 30 heavy (non-hydrogen) atoms. The van der Waals surface area contributed by atoms with Crippen molar-refractivity contribution in [2.24, 2.45) is 5.92 Å². The molecule has 2 amide bonds. The largest absolute Gasteiger partial charge is 0.493 e. The lowest BCUT2D eigenvalue weighted by molar-refractivity contribution is 0.251. The average Bonchev–Trinajstić information content (AvgIpc) is 2.72. The third-order valence-electron chi connectivity index (χ3n) is 4.25. The molecule has 3 N–H and O–H groups in total. The molecular formula is C21H29N3O5S. The van der Waals surface area contributed by atoms with Gasteiger partial charge in [-0.05, 0) is 54.3 Å². The Labute approximate surface area is 178 Å². The van der Waals surface area contributed by atoms with E-state index in [1.165, 1.54) is 12.1 Å². The van der Waals surface area contributed by atoms with Crippen LogP contribution in [0.5, 0.6) is 11.5 Å². The Balaban J connectivity index is 1.92. The van der Waals surface area contributed by atoms with Crippen molar-refractivity contribution in [3.8, 4) is 11.5 Å². The van der Waals surface area contributed by atoms with E-state index in [9.17, 15) is 13.2 Å². The number of urea groups is 1. The zero-order valence-electron chi connectivity index (χ0n) is 17.7. The molecule has 2 aromatic carbocycles. The van der Waals surface area contributed by atoms with E-state index in [1.54, 1.807) is 32.4 Å². The van der Waals surface area contributed by atoms with E-state index < -0.39 is 10.0 Å². The van der Waals surface area contributed by atoms with Gasteiger partial charge in [-0.15, -0.1) is 0 Å². The Hall–Kier alpha value is -2.78. The van der Waals surface area contributed by atoms with Gasteiger partial charge in [0.05, 0.1) is 19.1 Å². The van der Waals surface area contributed by atoms with Gasteiger partial charge in [0.25, 0.3) is 0 Å². The zero-order valence-corrected chi connectivity index (χ0v) is 18.5. The molecule has 0 fully saturated rings. The maximum atomic E-state index is 12.5. The third kappa shape index (κ3) is 6.93. The molecule has 0 unspecified atom stereocenters. The van der Waals surface area contributed by atoms with Gasteiger partial charge in [-0.3, -0.25) is 0 Å². The Morgan fingerprint density at radius 1 is 1.00 bits per heavy atom. The van der Waals surface area contributed by atoms with Crippen LogP contribution in [0.1, 0.15) is 19.4 Å². The molecule has 0 heterocycles. The van der Waals surface area contributed by atoms with E-state index in [0.717, 1.165) is 5.56 Å². The van der Waals surface area contributed by atoms with Gasteiger partial charge in [-0.1, -0.05) is 19.9 Å². The zero-order chi connectivity index (χ0) is 22.1. The van der Waals surface area contributed by atoms with Gasteiger partial charge >= 0.3 is 6.03 Å². The predicted octanol–water partition coefficient (Wildman–Crippen LogP) is 3.00. The van der Waals surface area contributed by atoms with Crippen LogP contribution >= 0.6 is 0 Å². The summed E-state index contributed by atoms with van der Waals surface area (Å²) < 4.78 is 38.0. The molecule has 0 bridgehead atoms. The number of hydrogen-bond donors (Lipinski definition) is 3. The van der Waals surface area contributed by atoms with Crippen LogP contribution in [0, 0.1) is 5.92 Å². The molecule has 0 spiro atoms. The van der Waals surface area contributed by atoms with E-state index in [0.29, 0.717) is 36.1 Å². The summed E-state index contributed by atoms with van der Waals surface area (Å²) in [6.07, 6.45) is 0.495. The number of benzene rings is 2. The molecule has 0 radical (unpaired) electrons. The smallest absolute Gasteiger partial charge is 0.319 e. The minimum Gasteiger partial charge on any atom is -0.493 e. The normalized spacial score (nSPS) is 11.2. The van der Waals surface area contributed by atoms with Crippen molar-refractivity contribution in [1.82, 2.24) is 10.0 Å². The Kier molecular flexibility index (Phi) is 8.49. The van der Waals surface area contributed by atoms with Crippen LogP contribution in [0.2, 0.25) is 0 Å². The first kappa shape index (κ1) is 23.5. The lowest BCUT2D eigenvalue weighted by Crippen LogP contribution is -2.31. The number of nitrogens with one attached hydrogen (secondary N) is 3. The van der Waals surface area contributed by atoms with Gasteiger partial charge < -0.3 is 20.1 Å². The van der Waals surface area contributed by atoms with Crippen LogP contribution < -0.4 is 24.8 Å². The molecular weight excluding hydrogens is 406 g/mol. The second-order valence-corrected chi connectivity index (χ2v) is 8.86. The van der Waals surface area contributed by atoms with Crippen LogP contribution in [0.25, 0.3) is 0 Å². The summed E-state index contributed by atoms with van der Waals surface area (Å²) >= 11 is 0. The number of carbonyl (C=O) groups excluding carboxylic acids is 1. The van der Waals surface area contributed by atoms with Gasteiger partial charge in [0.2, 0.25) is 10.0 Å². The number of anilines is 1. The fourth-order valence-electron chi connectivity index (χ4n) is 2.64. The highest BCUT2D eigenvalue weighted by Crippen LogP contribution is 2.27. The molecule has 164 valence electrons. The lowest BCUT2D eigenvalue weighted by atomic mass is 10.1. The fourth-order valence-corrected chi connectivity index (χ4v) is 3.67. The number of ether oxygens (including phenoxy) is 2. The maximum Gasteiger partial charge on any atom is 0.319 e. The quantitative estimate of drug-likeness (QED) is 0.532. The Bertz CT molecular complexity index is 944. The third-order valence-corrected chi connectivity index (χ3v) is 5.72. The molecule has 9 heteroatoms. The SMILES string of the molecule is COc1ccc(CCNS(=O)(=O)c2ccc(NC(=O)NCC(C)C)cc2)cc1OC. The monoisotopic (exact) mass is 435 g/mol. The van der Waals surface area contributed by atoms with Gasteiger partial charge in [0.1, 0.15) is 0 Å². The lowest BCUT2D eigenvalue weighted by Gasteiger charge is -2.11. The average molecular weight is 436 g/mol. The van der Waals surface area contributed by atoms with Gasteiger partial charge in [-0.2, -0.15) is 0 Å². The molecule has 0 saturated heterocycles. The molecule has 0 aliphatic heterocycles. The minimum atomic E-state index is -3.66. The molecule has 0 aliphatic carbocycles. The second kappa shape index (κ2) is 10.8. The standard InChI is InChI=1S/C21H29N3O5S/c1-15(2)14-22-21(25)24-17-6-8-18(9-7-17)30(26,27)23-12-11-16-5-10-19(28-3)20(13-16)29-4/h5-10,13,15,23H,11-12,14H2,1-4H3,(H2,22,24,25). The first-order valence-corrected chi connectivity index (χ1v) is 11.1. The van der Waals surface area contributed by atoms with Gasteiger partial charge in [-0.25, -0.2) is 17.9 Å². The van der Waals surface area contributed by atoms with E-state index in [2.05, 4.69) is 15.4 Å². The Morgan fingerprint density at radius 3 is 2.27 bits per heavy atom. The summed E-state index contributed by atoms with van der Waals surface area (Å²) in [5.74, 6) is 1.56. The van der Waals surface area contributed by atoms with Crippen LogP contribution in [-0.2, 0) is 16.4 Å². The van der Waals surface area contributed by atoms with E-state index in [4.69, 9.17) is 9.47 Å². The summed E-state index contributed by atoms with van der Waals surface area (Å²) in [5, 5.41) is 5.41. The Morgan fingerprint density at radius 2 is 1.67 bits per heavy atom. The van der Waals surface area contributed by atoms with E-state index >= 15 is 0 Å². The van der Waals surface area contributed by atoms with Crippen LogP contribution in [0.15, 0.2) is 47.4 Å². The number of amides is 2. The topological polar surface area (TPSA) is 106 Å². The van der Waals surface area contributed by atoms with Crippen molar-refractivity contribution >= 4 is 21.7 Å². The van der Waals surface area contributed by atoms with Crippen molar-refractivity contribution in [2.75, 3.05) is 32.6 Å². The first-order valence-electron chi connectivity index (χ1n) is 9.60. The number of carbonyl (C=O) groups is 1. The summed E-state index contributed by atoms with van der Waals surface area (Å²) in [5.41, 5.74) is 1.43. The maximum absolute atomic E-state index is 12.5. The predicted molar refractivity (Wildman–Crippen MR) is 117 cm³/mol. The van der Waals surface area contributed by atoms with Crippen molar-refractivity contribution in [3.05, 3.63) is 48.0 Å². The highest BCUT2D eigenvalue weighted by atomic mass is 32.2. The number of rotatable bonds is 10. The highest BCUT2D eigenvalue weighted by Gasteiger charge is 2.14. The van der Waals surface area contributed by atoms with Crippen LogP contribution in [0.4, 0.5) is 10.5 Å². The second-order valence-electron chi connectivity index (χ2n) is 7.09. The molecule has 0 atom stereocenters. The molecule has 0 aliphatic rings. The molecule has 0 saturated carbocycles. The summed E-state index contributed by atoms with van der Waals surface area (Å²) in [6.45, 7) is 4.79. The van der Waals surface area contributed by atoms with Crippen molar-refractivity contribution in [1.29, 1.82) is 0 Å². The molecule has 2 rings (SSSR count). The highest BCUT2D eigenvalue weighted by molar-refractivity contribution is 7.89. The van der Waals surface area contributed by atoms with E-state index in [-0.39, 0.29) is 17.5 Å². The van der Waals surface area contributed by atoms with Crippen molar-refractivity contribution < 1.29 is 22.7 Å². The molecule has 8 nitrogen and oxygen atoms in total. The van der Waals surface area contributed by atoms with Crippen LogP contribution in [0.3, 0.4) is 0 Å². The number of methoxy groups -OCH3 is 2. The van der Waals surface area contributed by atoms with Gasteiger partial charge in [0, 0.05) is 18.8 Å². The number of sulfonamides is 1. The van der Waals surface area contributed by atoms with E-state index in [1.807, 2.05) is 26.0 Å². The van der Waals surface area contributed by atoms with Crippen molar-refractivity contribution in [3.63, 3.8) is 0 Å². The minimum absolute atomic E-state index is 0.128. The number of hydrogen-bond acceptors (Lipinski definition) is 5. The molecule has 2 aromatic rings. The summed E-state index contributed by atoms with van der Waals surface area (Å²) in [6, 6.07) is 11.2. The summed E-state index contributed by atoms with van der Waals surface area (Å²) in [7, 11) is -0.547. The first-order chi connectivity index (χ1) is 14.2.